The first-order chi connectivity index (χ1) is 5.41. The number of carbonyl (C=O) groups is 1. The van der Waals surface area contributed by atoms with E-state index in [0.29, 0.717) is 0 Å². The zero-order valence-electron chi connectivity index (χ0n) is 7.38. The number of aromatic amines is 1. The highest BCUT2D eigenvalue weighted by atomic mass is 16.1. The molecule has 0 aliphatic heterocycles. The van der Waals surface area contributed by atoms with Crippen molar-refractivity contribution in [3.05, 3.63) is 5.82 Å². The molecule has 0 aliphatic carbocycles. The van der Waals surface area contributed by atoms with Crippen LogP contribution in [-0.4, -0.2) is 21.0 Å². The van der Waals surface area contributed by atoms with Crippen LogP contribution in [0.4, 0.5) is 5.95 Å². The number of nitrogens with two attached hydrogens (primary N) is 1. The van der Waals surface area contributed by atoms with Crippen LogP contribution in [0.1, 0.15) is 31.4 Å². The van der Waals surface area contributed by atoms with Crippen molar-refractivity contribution < 1.29 is 4.79 Å². The summed E-state index contributed by atoms with van der Waals surface area (Å²) in [5.41, 5.74) is 4.80. The maximum Gasteiger partial charge on any atom is 0.239 e. The molecule has 1 rings (SSSR count). The van der Waals surface area contributed by atoms with Crippen LogP contribution in [-0.2, 0) is 0 Å². The van der Waals surface area contributed by atoms with Gasteiger partial charge in [0.1, 0.15) is 0 Å². The zero-order chi connectivity index (χ0) is 9.35. The van der Waals surface area contributed by atoms with E-state index in [9.17, 15) is 4.79 Å². The van der Waals surface area contributed by atoms with Crippen LogP contribution in [0.25, 0.3) is 0 Å². The average molecular weight is 168 g/mol. The molecular formula is C7H12N4O. The molecule has 0 radical (unpaired) electrons. The third-order valence-electron chi connectivity index (χ3n) is 1.40. The minimum Gasteiger partial charge on any atom is -0.366 e. The third-order valence-corrected chi connectivity index (χ3v) is 1.40. The van der Waals surface area contributed by atoms with Crippen molar-refractivity contribution in [3.63, 3.8) is 0 Å². The normalized spacial score (nSPS) is 11.6. The molecule has 0 spiro atoms. The summed E-state index contributed by atoms with van der Waals surface area (Å²) in [5, 5.41) is 6.05. The molecule has 5 heteroatoms. The summed E-state index contributed by atoms with van der Waals surface area (Å²) in [5.74, 6) is 0.231. The summed E-state index contributed by atoms with van der Waals surface area (Å²) in [6.45, 7) is 5.44. The predicted octanol–water partition coefficient (Wildman–Crippen LogP) is 0.616. The summed E-state index contributed by atoms with van der Waals surface area (Å²) in [4.78, 5) is 15.2. The van der Waals surface area contributed by atoms with Crippen molar-refractivity contribution in [3.8, 4) is 0 Å². The van der Waals surface area contributed by atoms with Crippen molar-refractivity contribution in [2.24, 2.45) is 5.41 Å². The Morgan fingerprint density at radius 2 is 2.08 bits per heavy atom. The third kappa shape index (κ3) is 1.61. The van der Waals surface area contributed by atoms with Crippen LogP contribution in [0.5, 0.6) is 0 Å². The van der Waals surface area contributed by atoms with E-state index in [0.717, 1.165) is 0 Å². The molecule has 1 heterocycles. The first-order valence-electron chi connectivity index (χ1n) is 3.64. The standard InChI is InChI=1S/C7H12N4O/c1-7(2,3)4(12)5-9-6(8)11-10-5/h1-3H3,(H3,8,9,10,11). The molecule has 0 amide bonds. The van der Waals surface area contributed by atoms with Crippen molar-refractivity contribution in [1.82, 2.24) is 15.2 Å². The second-order valence-electron chi connectivity index (χ2n) is 3.62. The van der Waals surface area contributed by atoms with E-state index in [1.165, 1.54) is 0 Å². The minimum absolute atomic E-state index is 0.0910. The van der Waals surface area contributed by atoms with E-state index in [4.69, 9.17) is 5.73 Å². The topological polar surface area (TPSA) is 84.7 Å². The molecular weight excluding hydrogens is 156 g/mol. The van der Waals surface area contributed by atoms with Crippen molar-refractivity contribution >= 4 is 11.7 Å². The summed E-state index contributed by atoms with van der Waals surface area (Å²) < 4.78 is 0. The number of ketones is 1. The Morgan fingerprint density at radius 3 is 2.42 bits per heavy atom. The van der Waals surface area contributed by atoms with Crippen LogP contribution in [0.2, 0.25) is 0 Å². The summed E-state index contributed by atoms with van der Waals surface area (Å²) in [6.07, 6.45) is 0. The predicted molar refractivity (Wildman–Crippen MR) is 44.6 cm³/mol. The van der Waals surface area contributed by atoms with Gasteiger partial charge in [-0.25, -0.2) is 0 Å². The monoisotopic (exact) mass is 168 g/mol. The number of carbonyl (C=O) groups excluding carboxylic acids is 1. The van der Waals surface area contributed by atoms with Crippen LogP contribution in [0.3, 0.4) is 0 Å². The largest absolute Gasteiger partial charge is 0.366 e. The van der Waals surface area contributed by atoms with E-state index in [1.54, 1.807) is 0 Å². The highest BCUT2D eigenvalue weighted by Gasteiger charge is 2.25. The van der Waals surface area contributed by atoms with Gasteiger partial charge in [-0.15, -0.1) is 5.10 Å². The maximum absolute atomic E-state index is 11.5. The van der Waals surface area contributed by atoms with Crippen LogP contribution < -0.4 is 5.73 Å². The highest BCUT2D eigenvalue weighted by molar-refractivity contribution is 5.96. The molecule has 0 bridgehead atoms. The molecule has 0 saturated carbocycles. The number of hydrogen-bond acceptors (Lipinski definition) is 4. The van der Waals surface area contributed by atoms with E-state index < -0.39 is 5.41 Å². The molecule has 0 atom stereocenters. The molecule has 12 heavy (non-hydrogen) atoms. The van der Waals surface area contributed by atoms with Gasteiger partial charge in [0, 0.05) is 5.41 Å². The van der Waals surface area contributed by atoms with Crippen LogP contribution in [0.15, 0.2) is 0 Å². The molecule has 0 aliphatic rings. The first-order valence-corrected chi connectivity index (χ1v) is 3.64. The van der Waals surface area contributed by atoms with E-state index in [1.807, 2.05) is 20.8 Å². The molecule has 1 aromatic heterocycles. The maximum atomic E-state index is 11.5. The zero-order valence-corrected chi connectivity index (χ0v) is 7.38. The smallest absolute Gasteiger partial charge is 0.239 e. The lowest BCUT2D eigenvalue weighted by Gasteiger charge is -2.13. The number of nitrogen functional groups attached to an aromatic ring is 1. The molecule has 66 valence electrons. The number of nitrogens with one attached hydrogen (secondary N) is 1. The molecule has 0 fully saturated rings. The highest BCUT2D eigenvalue weighted by Crippen LogP contribution is 2.18. The Morgan fingerprint density at radius 1 is 1.50 bits per heavy atom. The van der Waals surface area contributed by atoms with Gasteiger partial charge in [-0.2, -0.15) is 4.98 Å². The number of H-pyrrole nitrogens is 1. The SMILES string of the molecule is CC(C)(C)C(=O)c1nc(N)n[nH]1. The number of Topliss-reactive ketones (excluding diaryl/α,β-unsaturated/α-hetero) is 1. The van der Waals surface area contributed by atoms with E-state index in [2.05, 4.69) is 15.2 Å². The molecule has 0 saturated heterocycles. The number of nitrogens with zero attached hydrogens (tertiary/aromatic N) is 2. The lowest BCUT2D eigenvalue weighted by Crippen LogP contribution is -2.21. The van der Waals surface area contributed by atoms with Gasteiger partial charge in [-0.3, -0.25) is 9.89 Å². The first kappa shape index (κ1) is 8.70. The Balaban J connectivity index is 2.93. The van der Waals surface area contributed by atoms with Crippen LogP contribution >= 0.6 is 0 Å². The molecule has 1 aromatic rings. The summed E-state index contributed by atoms with van der Waals surface area (Å²) in [7, 11) is 0. The van der Waals surface area contributed by atoms with Gasteiger partial charge in [-0.1, -0.05) is 20.8 Å². The Hall–Kier alpha value is -1.39. The molecule has 0 unspecified atom stereocenters. The molecule has 0 aromatic carbocycles. The number of rotatable bonds is 1. The number of anilines is 1. The van der Waals surface area contributed by atoms with Crippen LogP contribution in [0, 0.1) is 5.41 Å². The second kappa shape index (κ2) is 2.58. The van der Waals surface area contributed by atoms with Crippen molar-refractivity contribution in [2.75, 3.05) is 5.73 Å². The summed E-state index contributed by atoms with van der Waals surface area (Å²) in [6, 6.07) is 0. The van der Waals surface area contributed by atoms with Gasteiger partial charge < -0.3 is 5.73 Å². The number of aromatic nitrogens is 3. The Bertz CT molecular complexity index is 297. The quantitative estimate of drug-likeness (QED) is 0.602. The van der Waals surface area contributed by atoms with Gasteiger partial charge in [0.05, 0.1) is 0 Å². The van der Waals surface area contributed by atoms with Gasteiger partial charge in [0.25, 0.3) is 0 Å². The molecule has 3 N–H and O–H groups in total. The fourth-order valence-electron chi connectivity index (χ4n) is 0.732. The average Bonchev–Trinajstić information content (AvgIpc) is 2.32. The Kier molecular flexibility index (Phi) is 1.87. The van der Waals surface area contributed by atoms with Gasteiger partial charge in [0.2, 0.25) is 11.7 Å². The fourth-order valence-corrected chi connectivity index (χ4v) is 0.732. The Labute approximate surface area is 70.4 Å². The fraction of sp³-hybridized carbons (Fsp3) is 0.571. The lowest BCUT2D eigenvalue weighted by molar-refractivity contribution is 0.0847. The van der Waals surface area contributed by atoms with E-state index in [-0.39, 0.29) is 17.6 Å². The van der Waals surface area contributed by atoms with E-state index >= 15 is 0 Å². The van der Waals surface area contributed by atoms with Gasteiger partial charge in [-0.05, 0) is 0 Å². The van der Waals surface area contributed by atoms with Gasteiger partial charge in [0.15, 0.2) is 5.82 Å². The van der Waals surface area contributed by atoms with Crippen molar-refractivity contribution in [2.45, 2.75) is 20.8 Å². The lowest BCUT2D eigenvalue weighted by atomic mass is 9.90. The second-order valence-corrected chi connectivity index (χ2v) is 3.62. The van der Waals surface area contributed by atoms with Crippen molar-refractivity contribution in [1.29, 1.82) is 0 Å². The molecule has 5 nitrogen and oxygen atoms in total. The number of hydrogen-bond donors (Lipinski definition) is 2. The minimum atomic E-state index is -0.452. The van der Waals surface area contributed by atoms with Gasteiger partial charge >= 0.3 is 0 Å². The summed E-state index contributed by atoms with van der Waals surface area (Å²) >= 11 is 0.